The van der Waals surface area contributed by atoms with Gasteiger partial charge in [-0.1, -0.05) is 6.07 Å². The van der Waals surface area contributed by atoms with E-state index in [2.05, 4.69) is 10.3 Å². The van der Waals surface area contributed by atoms with E-state index in [0.29, 0.717) is 5.69 Å². The van der Waals surface area contributed by atoms with Crippen molar-refractivity contribution < 1.29 is 9.50 Å². The van der Waals surface area contributed by atoms with Crippen LogP contribution in [0.1, 0.15) is 11.8 Å². The summed E-state index contributed by atoms with van der Waals surface area (Å²) in [7, 11) is 0. The van der Waals surface area contributed by atoms with Crippen LogP contribution in [-0.4, -0.2) is 11.4 Å². The Kier molecular flexibility index (Phi) is 1.55. The monoisotopic (exact) mass is 166 g/mol. The van der Waals surface area contributed by atoms with E-state index in [1.165, 1.54) is 12.4 Å². The molecule has 0 bridgehead atoms. The van der Waals surface area contributed by atoms with Gasteiger partial charge in [-0.05, 0) is 12.1 Å². The Bertz CT molecular complexity index is 338. The molecule has 3 nitrogen and oxygen atoms in total. The van der Waals surface area contributed by atoms with Crippen molar-refractivity contribution in [1.82, 2.24) is 0 Å². The van der Waals surface area contributed by atoms with Gasteiger partial charge in [-0.3, -0.25) is 0 Å². The summed E-state index contributed by atoms with van der Waals surface area (Å²) in [6.45, 7) is 0. The Morgan fingerprint density at radius 3 is 3.08 bits per heavy atom. The predicted molar refractivity (Wildman–Crippen MR) is 43.5 cm³/mol. The van der Waals surface area contributed by atoms with Gasteiger partial charge in [0.25, 0.3) is 0 Å². The zero-order valence-electron chi connectivity index (χ0n) is 6.16. The maximum atomic E-state index is 13.0. The molecule has 2 N–H and O–H groups in total. The first kappa shape index (κ1) is 7.24. The fourth-order valence-corrected chi connectivity index (χ4v) is 1.18. The maximum absolute atomic E-state index is 13.0. The van der Waals surface area contributed by atoms with Gasteiger partial charge in [-0.2, -0.15) is 0 Å². The molecular weight excluding hydrogens is 159 g/mol. The molecule has 0 amide bonds. The van der Waals surface area contributed by atoms with E-state index in [-0.39, 0.29) is 5.56 Å². The second kappa shape index (κ2) is 2.57. The molecule has 0 fully saturated rings. The summed E-state index contributed by atoms with van der Waals surface area (Å²) in [5.74, 6) is -0.440. The number of anilines is 1. The molecule has 1 unspecified atom stereocenters. The van der Waals surface area contributed by atoms with Crippen molar-refractivity contribution in [1.29, 1.82) is 0 Å². The minimum Gasteiger partial charge on any atom is -0.368 e. The van der Waals surface area contributed by atoms with Crippen molar-refractivity contribution in [2.24, 2.45) is 4.99 Å². The lowest BCUT2D eigenvalue weighted by Crippen LogP contribution is -2.11. The van der Waals surface area contributed by atoms with Crippen LogP contribution in [0.2, 0.25) is 0 Å². The lowest BCUT2D eigenvalue weighted by atomic mass is 10.1. The molecule has 1 aromatic carbocycles. The fraction of sp³-hybridized carbons (Fsp3) is 0.125. The smallest absolute Gasteiger partial charge is 0.177 e. The van der Waals surface area contributed by atoms with Crippen LogP contribution in [0.5, 0.6) is 0 Å². The average Bonchev–Trinajstić information content (AvgIpc) is 2.04. The summed E-state index contributed by atoms with van der Waals surface area (Å²) in [5.41, 5.74) is 0.775. The molecule has 1 heterocycles. The quantitative estimate of drug-likeness (QED) is 0.609. The number of hydrogen-bond acceptors (Lipinski definition) is 3. The average molecular weight is 166 g/mol. The third-order valence-corrected chi connectivity index (χ3v) is 1.75. The number of halogens is 1. The SMILES string of the molecule is OC1N=CNc2cccc(F)c21. The van der Waals surface area contributed by atoms with E-state index in [4.69, 9.17) is 0 Å². The molecule has 1 atom stereocenters. The van der Waals surface area contributed by atoms with Crippen molar-refractivity contribution in [2.45, 2.75) is 6.23 Å². The normalized spacial score (nSPS) is 20.0. The first-order chi connectivity index (χ1) is 5.79. The van der Waals surface area contributed by atoms with E-state index >= 15 is 0 Å². The predicted octanol–water partition coefficient (Wildman–Crippen LogP) is 1.27. The summed E-state index contributed by atoms with van der Waals surface area (Å²) in [4.78, 5) is 3.61. The number of aliphatic imine (C=N–C) groups is 1. The van der Waals surface area contributed by atoms with Gasteiger partial charge in [0.15, 0.2) is 6.23 Å². The molecule has 1 aliphatic heterocycles. The molecule has 62 valence electrons. The zero-order chi connectivity index (χ0) is 8.55. The summed E-state index contributed by atoms with van der Waals surface area (Å²) >= 11 is 0. The highest BCUT2D eigenvalue weighted by atomic mass is 19.1. The van der Waals surface area contributed by atoms with E-state index in [1.54, 1.807) is 12.1 Å². The van der Waals surface area contributed by atoms with E-state index in [9.17, 15) is 9.50 Å². The number of hydrogen-bond donors (Lipinski definition) is 2. The van der Waals surface area contributed by atoms with Crippen LogP contribution < -0.4 is 5.32 Å². The van der Waals surface area contributed by atoms with Gasteiger partial charge < -0.3 is 10.4 Å². The lowest BCUT2D eigenvalue weighted by molar-refractivity contribution is 0.184. The number of fused-ring (bicyclic) bond motifs is 1. The third-order valence-electron chi connectivity index (χ3n) is 1.75. The van der Waals surface area contributed by atoms with E-state index < -0.39 is 12.0 Å². The number of benzene rings is 1. The molecule has 0 aliphatic carbocycles. The number of nitrogens with one attached hydrogen (secondary N) is 1. The molecular formula is C8H7FN2O. The van der Waals surface area contributed by atoms with Gasteiger partial charge in [-0.15, -0.1) is 0 Å². The Morgan fingerprint density at radius 1 is 1.50 bits per heavy atom. The Labute approximate surface area is 68.6 Å². The maximum Gasteiger partial charge on any atom is 0.177 e. The van der Waals surface area contributed by atoms with Crippen LogP contribution in [0.25, 0.3) is 0 Å². The Balaban J connectivity index is 2.58. The van der Waals surface area contributed by atoms with Gasteiger partial charge >= 0.3 is 0 Å². The van der Waals surface area contributed by atoms with Crippen LogP contribution in [0.4, 0.5) is 10.1 Å². The number of aliphatic hydroxyl groups excluding tert-OH is 1. The molecule has 2 rings (SSSR count). The van der Waals surface area contributed by atoms with E-state index in [0.717, 1.165) is 0 Å². The minimum atomic E-state index is -1.08. The molecule has 1 aliphatic rings. The van der Waals surface area contributed by atoms with Gasteiger partial charge in [0.2, 0.25) is 0 Å². The van der Waals surface area contributed by atoms with Crippen molar-refractivity contribution >= 4 is 12.0 Å². The summed E-state index contributed by atoms with van der Waals surface area (Å²) < 4.78 is 13.0. The van der Waals surface area contributed by atoms with Crippen LogP contribution in [-0.2, 0) is 0 Å². The van der Waals surface area contributed by atoms with Gasteiger partial charge in [0, 0.05) is 5.69 Å². The Morgan fingerprint density at radius 2 is 2.33 bits per heavy atom. The topological polar surface area (TPSA) is 44.6 Å². The minimum absolute atomic E-state index is 0.208. The second-order valence-electron chi connectivity index (χ2n) is 2.50. The number of rotatable bonds is 0. The molecule has 1 aromatic rings. The van der Waals surface area contributed by atoms with E-state index in [1.807, 2.05) is 0 Å². The fourth-order valence-electron chi connectivity index (χ4n) is 1.18. The largest absolute Gasteiger partial charge is 0.368 e. The highest BCUT2D eigenvalue weighted by Crippen LogP contribution is 2.28. The van der Waals surface area contributed by atoms with Crippen molar-refractivity contribution in [3.8, 4) is 0 Å². The Hall–Kier alpha value is -1.42. The first-order valence-corrected chi connectivity index (χ1v) is 3.53. The number of aliphatic hydroxyl groups is 1. The highest BCUT2D eigenvalue weighted by Gasteiger charge is 2.18. The lowest BCUT2D eigenvalue weighted by Gasteiger charge is -2.16. The molecule has 12 heavy (non-hydrogen) atoms. The van der Waals surface area contributed by atoms with Crippen molar-refractivity contribution in [2.75, 3.05) is 5.32 Å². The van der Waals surface area contributed by atoms with Gasteiger partial charge in [0.1, 0.15) is 5.82 Å². The van der Waals surface area contributed by atoms with Crippen LogP contribution >= 0.6 is 0 Å². The third kappa shape index (κ3) is 0.967. The zero-order valence-corrected chi connectivity index (χ0v) is 6.16. The number of nitrogens with zero attached hydrogens (tertiary/aromatic N) is 1. The molecule has 0 saturated heterocycles. The molecule has 0 aromatic heterocycles. The molecule has 0 saturated carbocycles. The van der Waals surface area contributed by atoms with Crippen molar-refractivity contribution in [3.63, 3.8) is 0 Å². The standard InChI is InChI=1S/C8H7FN2O/c9-5-2-1-3-6-7(5)8(12)11-4-10-6/h1-4,8,12H,(H,10,11). The van der Waals surface area contributed by atoms with Crippen LogP contribution in [0.15, 0.2) is 23.2 Å². The molecule has 4 heteroatoms. The van der Waals surface area contributed by atoms with Crippen molar-refractivity contribution in [3.05, 3.63) is 29.6 Å². The van der Waals surface area contributed by atoms with Gasteiger partial charge in [0.05, 0.1) is 11.9 Å². The molecule has 0 spiro atoms. The summed E-state index contributed by atoms with van der Waals surface area (Å²) in [5, 5.41) is 12.0. The van der Waals surface area contributed by atoms with Crippen LogP contribution in [0, 0.1) is 5.82 Å². The second-order valence-corrected chi connectivity index (χ2v) is 2.50. The molecule has 0 radical (unpaired) electrons. The van der Waals surface area contributed by atoms with Crippen LogP contribution in [0.3, 0.4) is 0 Å². The highest BCUT2D eigenvalue weighted by molar-refractivity contribution is 5.80. The van der Waals surface area contributed by atoms with Gasteiger partial charge in [-0.25, -0.2) is 9.38 Å². The first-order valence-electron chi connectivity index (χ1n) is 3.53. The summed E-state index contributed by atoms with van der Waals surface area (Å²) in [6.07, 6.45) is 0.273. The summed E-state index contributed by atoms with van der Waals surface area (Å²) in [6, 6.07) is 4.56.